The van der Waals surface area contributed by atoms with Gasteiger partial charge in [0.05, 0.1) is 6.54 Å². The fraction of sp³-hybridized carbons (Fsp3) is 0.400. The molecule has 3 atom stereocenters. The predicted molar refractivity (Wildman–Crippen MR) is 167 cm³/mol. The highest BCUT2D eigenvalue weighted by Gasteiger charge is 2.28. The molecule has 3 N–H and O–H groups in total. The van der Waals surface area contributed by atoms with E-state index in [-0.39, 0.29) is 30.9 Å². The Morgan fingerprint density at radius 2 is 1.29 bits per heavy atom. The van der Waals surface area contributed by atoms with Gasteiger partial charge in [-0.25, -0.2) is 4.79 Å². The maximum atomic E-state index is 13.6. The second-order valence-corrected chi connectivity index (χ2v) is 11.5. The first-order valence-electron chi connectivity index (χ1n) is 14.8. The molecule has 0 aromatic heterocycles. The molecule has 0 heterocycles. The maximum absolute atomic E-state index is 13.6. The summed E-state index contributed by atoms with van der Waals surface area (Å²) in [4.78, 5) is 39.6. The number of esters is 1. The Balaban J connectivity index is 1.65. The first-order chi connectivity index (χ1) is 20.2. The summed E-state index contributed by atoms with van der Waals surface area (Å²) >= 11 is 0. The van der Waals surface area contributed by atoms with Gasteiger partial charge in [-0.3, -0.25) is 9.59 Å². The molecule has 0 aliphatic rings. The Morgan fingerprint density at radius 3 is 1.86 bits per heavy atom. The summed E-state index contributed by atoms with van der Waals surface area (Å²) in [5.74, 6) is -0.412. The monoisotopic (exact) mass is 571 g/mol. The molecule has 7 heteroatoms. The third-order valence-electron chi connectivity index (χ3n) is 7.15. The molecule has 0 radical (unpaired) electrons. The van der Waals surface area contributed by atoms with Crippen molar-refractivity contribution in [3.63, 3.8) is 0 Å². The average Bonchev–Trinajstić information content (AvgIpc) is 2.98. The number of hydrogen-bond acceptors (Lipinski definition) is 5. The smallest absolute Gasteiger partial charge is 0.328 e. The van der Waals surface area contributed by atoms with E-state index in [1.807, 2.05) is 92.7 Å². The van der Waals surface area contributed by atoms with E-state index in [9.17, 15) is 14.4 Å². The van der Waals surface area contributed by atoms with Crippen LogP contribution in [0, 0.1) is 11.8 Å². The number of ether oxygens (including phenoxy) is 1. The Hall–Kier alpha value is -3.97. The van der Waals surface area contributed by atoms with Crippen LogP contribution in [0.2, 0.25) is 0 Å². The highest BCUT2D eigenvalue weighted by atomic mass is 16.5. The van der Waals surface area contributed by atoms with Crippen molar-refractivity contribution in [3.05, 3.63) is 108 Å². The van der Waals surface area contributed by atoms with Crippen molar-refractivity contribution in [1.29, 1.82) is 0 Å². The van der Waals surface area contributed by atoms with Gasteiger partial charge in [-0.1, -0.05) is 119 Å². The van der Waals surface area contributed by atoms with E-state index in [1.165, 1.54) is 5.56 Å². The van der Waals surface area contributed by atoms with E-state index < -0.39 is 24.0 Å². The summed E-state index contributed by atoms with van der Waals surface area (Å²) in [7, 11) is 0. The van der Waals surface area contributed by atoms with Gasteiger partial charge in [0.15, 0.2) is 0 Å². The van der Waals surface area contributed by atoms with E-state index in [0.717, 1.165) is 11.1 Å². The molecule has 7 nitrogen and oxygen atoms in total. The molecule has 3 aromatic rings. The zero-order valence-electron chi connectivity index (χ0n) is 25.2. The van der Waals surface area contributed by atoms with Crippen molar-refractivity contribution in [3.8, 4) is 0 Å². The van der Waals surface area contributed by atoms with Gasteiger partial charge < -0.3 is 20.7 Å². The first-order valence-corrected chi connectivity index (χ1v) is 14.8. The second-order valence-electron chi connectivity index (χ2n) is 11.5. The number of benzene rings is 3. The Morgan fingerprint density at radius 1 is 0.714 bits per heavy atom. The van der Waals surface area contributed by atoms with E-state index in [2.05, 4.69) is 41.9 Å². The number of rotatable bonds is 16. The lowest BCUT2D eigenvalue weighted by molar-refractivity contribution is -0.149. The van der Waals surface area contributed by atoms with Gasteiger partial charge in [0.25, 0.3) is 0 Å². The topological polar surface area (TPSA) is 96.5 Å². The highest BCUT2D eigenvalue weighted by molar-refractivity contribution is 5.91. The van der Waals surface area contributed by atoms with Crippen molar-refractivity contribution < 1.29 is 19.1 Å². The Labute approximate surface area is 250 Å². The molecular formula is C35H45N3O4. The molecule has 0 aliphatic heterocycles. The minimum Gasteiger partial charge on any atom is -0.459 e. The quantitative estimate of drug-likeness (QED) is 0.210. The van der Waals surface area contributed by atoms with Gasteiger partial charge >= 0.3 is 5.97 Å². The number of nitrogens with one attached hydrogen (secondary N) is 3. The van der Waals surface area contributed by atoms with Crippen LogP contribution >= 0.6 is 0 Å². The summed E-state index contributed by atoms with van der Waals surface area (Å²) in [6.45, 7) is 9.13. The Bertz CT molecular complexity index is 1230. The van der Waals surface area contributed by atoms with Crippen LogP contribution in [0.15, 0.2) is 91.0 Å². The summed E-state index contributed by atoms with van der Waals surface area (Å²) in [5, 5.41) is 9.04. The van der Waals surface area contributed by atoms with Crippen molar-refractivity contribution >= 4 is 17.8 Å². The van der Waals surface area contributed by atoms with Crippen molar-refractivity contribution in [1.82, 2.24) is 16.0 Å². The van der Waals surface area contributed by atoms with Crippen LogP contribution in [0.25, 0.3) is 0 Å². The molecule has 2 amide bonds. The molecule has 0 saturated heterocycles. The van der Waals surface area contributed by atoms with Crippen LogP contribution in [-0.4, -0.2) is 43.0 Å². The highest BCUT2D eigenvalue weighted by Crippen LogP contribution is 2.23. The summed E-state index contributed by atoms with van der Waals surface area (Å²) in [6.07, 6.45) is 0.716. The van der Waals surface area contributed by atoms with Crippen LogP contribution in [0.3, 0.4) is 0 Å². The summed E-state index contributed by atoms with van der Waals surface area (Å²) < 4.78 is 5.55. The van der Waals surface area contributed by atoms with Crippen LogP contribution in [0.4, 0.5) is 0 Å². The lowest BCUT2D eigenvalue weighted by Gasteiger charge is -2.24. The lowest BCUT2D eigenvalue weighted by Crippen LogP contribution is -2.54. The molecule has 0 bridgehead atoms. The average molecular weight is 572 g/mol. The zero-order chi connectivity index (χ0) is 30.3. The van der Waals surface area contributed by atoms with Crippen LogP contribution in [0.5, 0.6) is 0 Å². The van der Waals surface area contributed by atoms with Gasteiger partial charge in [-0.15, -0.1) is 0 Å². The van der Waals surface area contributed by atoms with Crippen molar-refractivity contribution in [2.45, 2.75) is 65.1 Å². The molecular weight excluding hydrogens is 526 g/mol. The van der Waals surface area contributed by atoms with Gasteiger partial charge in [-0.2, -0.15) is 0 Å². The SMILES string of the molecule is CC(C)C[C@@H](NC(=O)C(Cc1ccccc1)NC(=O)CNC[C@@H](c1ccccc1)C(C)C)C(=O)OCc1ccccc1. The van der Waals surface area contributed by atoms with Crippen molar-refractivity contribution in [2.24, 2.45) is 11.8 Å². The van der Waals surface area contributed by atoms with Gasteiger partial charge in [0.2, 0.25) is 11.8 Å². The number of carbonyl (C=O) groups excluding carboxylic acids is 3. The van der Waals surface area contributed by atoms with Crippen LogP contribution in [-0.2, 0) is 32.1 Å². The standard InChI is InChI=1S/C35H45N3O4/c1-25(2)20-32(35(41)42-24-28-16-10-6-11-17-28)38-34(40)31(21-27-14-8-5-9-15-27)37-33(39)23-36-22-30(26(3)4)29-18-12-7-13-19-29/h5-19,25-26,30-32,36H,20-24H2,1-4H3,(H,37,39)(H,38,40)/t30-,31?,32-/m1/s1. The molecule has 3 aromatic carbocycles. The second kappa shape index (κ2) is 17.1. The molecule has 1 unspecified atom stereocenters. The molecule has 3 rings (SSSR count). The number of hydrogen-bond donors (Lipinski definition) is 3. The minimum absolute atomic E-state index is 0.0726. The Kier molecular flexibility index (Phi) is 13.2. The normalized spacial score (nSPS) is 13.3. The molecule has 0 spiro atoms. The molecule has 0 fully saturated rings. The third-order valence-corrected chi connectivity index (χ3v) is 7.15. The van der Waals surface area contributed by atoms with Crippen LogP contribution < -0.4 is 16.0 Å². The number of carbonyl (C=O) groups is 3. The van der Waals surface area contributed by atoms with E-state index in [0.29, 0.717) is 25.3 Å². The van der Waals surface area contributed by atoms with E-state index >= 15 is 0 Å². The van der Waals surface area contributed by atoms with Gasteiger partial charge in [0.1, 0.15) is 18.7 Å². The summed E-state index contributed by atoms with van der Waals surface area (Å²) in [6, 6.07) is 27.5. The lowest BCUT2D eigenvalue weighted by atomic mass is 9.88. The largest absolute Gasteiger partial charge is 0.459 e. The molecule has 224 valence electrons. The van der Waals surface area contributed by atoms with Gasteiger partial charge in [-0.05, 0) is 40.9 Å². The van der Waals surface area contributed by atoms with E-state index in [1.54, 1.807) is 0 Å². The van der Waals surface area contributed by atoms with E-state index in [4.69, 9.17) is 4.74 Å². The number of amides is 2. The first kappa shape index (κ1) is 32.5. The van der Waals surface area contributed by atoms with Crippen molar-refractivity contribution in [2.75, 3.05) is 13.1 Å². The molecule has 0 saturated carbocycles. The van der Waals surface area contributed by atoms with Gasteiger partial charge in [0, 0.05) is 13.0 Å². The van der Waals surface area contributed by atoms with Crippen LogP contribution in [0.1, 0.15) is 56.7 Å². The minimum atomic E-state index is -0.853. The fourth-order valence-corrected chi connectivity index (χ4v) is 4.87. The molecule has 42 heavy (non-hydrogen) atoms. The third kappa shape index (κ3) is 11.1. The fourth-order valence-electron chi connectivity index (χ4n) is 4.87. The zero-order valence-corrected chi connectivity index (χ0v) is 25.2. The predicted octanol–water partition coefficient (Wildman–Crippen LogP) is 5.02. The molecule has 0 aliphatic carbocycles. The summed E-state index contributed by atoms with van der Waals surface area (Å²) in [5.41, 5.74) is 2.99. The maximum Gasteiger partial charge on any atom is 0.328 e.